The molecule has 0 aliphatic carbocycles. The van der Waals surface area contributed by atoms with Crippen molar-refractivity contribution in [3.8, 4) is 5.75 Å². The smallest absolute Gasteiger partial charge is 0.330 e. The molecule has 0 atom stereocenters. The average molecular weight is 241 g/mol. The predicted octanol–water partition coefficient (Wildman–Crippen LogP) is 2.92. The third-order valence-corrected chi connectivity index (χ3v) is 2.05. The standard InChI is InChI=1S/C12H13ClO3/c1-3-16-12(14)5-4-9-6-10(13)8-11(7-9)15-2/h4-8H,3H2,1-2H3. The summed E-state index contributed by atoms with van der Waals surface area (Å²) in [6.45, 7) is 2.12. The fourth-order valence-corrected chi connectivity index (χ4v) is 1.39. The van der Waals surface area contributed by atoms with Gasteiger partial charge in [-0.1, -0.05) is 11.6 Å². The normalized spacial score (nSPS) is 10.4. The molecule has 0 heterocycles. The number of ether oxygens (including phenoxy) is 2. The van der Waals surface area contributed by atoms with Crippen LogP contribution in [0.5, 0.6) is 5.75 Å². The molecule has 0 fully saturated rings. The minimum absolute atomic E-state index is 0.363. The lowest BCUT2D eigenvalue weighted by Crippen LogP contribution is -1.98. The van der Waals surface area contributed by atoms with Crippen molar-refractivity contribution in [1.29, 1.82) is 0 Å². The van der Waals surface area contributed by atoms with Gasteiger partial charge in [-0.3, -0.25) is 0 Å². The molecule has 0 bridgehead atoms. The summed E-state index contributed by atoms with van der Waals surface area (Å²) < 4.78 is 9.82. The molecule has 0 aromatic heterocycles. The van der Waals surface area contributed by atoms with Gasteiger partial charge in [-0.25, -0.2) is 4.79 Å². The van der Waals surface area contributed by atoms with E-state index in [-0.39, 0.29) is 5.97 Å². The summed E-state index contributed by atoms with van der Waals surface area (Å²) >= 11 is 5.88. The van der Waals surface area contributed by atoms with Crippen LogP contribution in [0.3, 0.4) is 0 Å². The van der Waals surface area contributed by atoms with E-state index >= 15 is 0 Å². The van der Waals surface area contributed by atoms with E-state index in [2.05, 4.69) is 0 Å². The summed E-state index contributed by atoms with van der Waals surface area (Å²) in [5.41, 5.74) is 0.789. The highest BCUT2D eigenvalue weighted by Crippen LogP contribution is 2.21. The SMILES string of the molecule is CCOC(=O)C=Cc1cc(Cl)cc(OC)c1. The molecule has 4 heteroatoms. The zero-order chi connectivity index (χ0) is 12.0. The number of esters is 1. The Balaban J connectivity index is 2.80. The van der Waals surface area contributed by atoms with Crippen LogP contribution in [0.25, 0.3) is 6.08 Å². The maximum Gasteiger partial charge on any atom is 0.330 e. The van der Waals surface area contributed by atoms with Gasteiger partial charge >= 0.3 is 5.97 Å². The molecule has 0 aliphatic rings. The second kappa shape index (κ2) is 6.18. The lowest BCUT2D eigenvalue weighted by atomic mass is 10.2. The second-order valence-electron chi connectivity index (χ2n) is 3.01. The summed E-state index contributed by atoms with van der Waals surface area (Å²) in [5.74, 6) is 0.275. The first-order valence-corrected chi connectivity index (χ1v) is 5.23. The van der Waals surface area contributed by atoms with E-state index in [4.69, 9.17) is 21.1 Å². The highest BCUT2D eigenvalue weighted by atomic mass is 35.5. The first-order chi connectivity index (χ1) is 7.65. The monoisotopic (exact) mass is 240 g/mol. The van der Waals surface area contributed by atoms with E-state index in [0.29, 0.717) is 17.4 Å². The molecule has 0 radical (unpaired) electrons. The van der Waals surface area contributed by atoms with E-state index in [1.807, 2.05) is 0 Å². The van der Waals surface area contributed by atoms with Crippen LogP contribution < -0.4 is 4.74 Å². The van der Waals surface area contributed by atoms with Gasteiger partial charge in [0.2, 0.25) is 0 Å². The first kappa shape index (κ1) is 12.6. The summed E-state index contributed by atoms with van der Waals surface area (Å²) in [6, 6.07) is 5.21. The molecular formula is C12H13ClO3. The lowest BCUT2D eigenvalue weighted by molar-refractivity contribution is -0.137. The molecule has 1 aromatic carbocycles. The number of carbonyl (C=O) groups excluding carboxylic acids is 1. The van der Waals surface area contributed by atoms with Crippen molar-refractivity contribution < 1.29 is 14.3 Å². The number of rotatable bonds is 4. The molecule has 0 saturated carbocycles. The average Bonchev–Trinajstić information content (AvgIpc) is 2.26. The van der Waals surface area contributed by atoms with Crippen molar-refractivity contribution in [1.82, 2.24) is 0 Å². The number of hydrogen-bond acceptors (Lipinski definition) is 3. The Morgan fingerprint density at radius 2 is 2.19 bits per heavy atom. The Morgan fingerprint density at radius 1 is 1.44 bits per heavy atom. The van der Waals surface area contributed by atoms with Gasteiger partial charge in [-0.2, -0.15) is 0 Å². The van der Waals surface area contributed by atoms with Gasteiger partial charge in [0, 0.05) is 11.1 Å². The van der Waals surface area contributed by atoms with Crippen LogP contribution in [0.15, 0.2) is 24.3 Å². The van der Waals surface area contributed by atoms with Crippen LogP contribution in [0.4, 0.5) is 0 Å². The fourth-order valence-electron chi connectivity index (χ4n) is 1.15. The zero-order valence-electron chi connectivity index (χ0n) is 9.20. The minimum atomic E-state index is -0.374. The van der Waals surface area contributed by atoms with Crippen LogP contribution >= 0.6 is 11.6 Å². The maximum atomic E-state index is 11.1. The van der Waals surface area contributed by atoms with E-state index in [1.54, 1.807) is 38.3 Å². The van der Waals surface area contributed by atoms with E-state index in [9.17, 15) is 4.79 Å². The largest absolute Gasteiger partial charge is 0.497 e. The predicted molar refractivity (Wildman–Crippen MR) is 63.7 cm³/mol. The van der Waals surface area contributed by atoms with Gasteiger partial charge in [-0.05, 0) is 36.8 Å². The second-order valence-corrected chi connectivity index (χ2v) is 3.45. The zero-order valence-corrected chi connectivity index (χ0v) is 9.95. The number of carbonyl (C=O) groups is 1. The quantitative estimate of drug-likeness (QED) is 0.600. The Bertz CT molecular complexity index is 399. The van der Waals surface area contributed by atoms with Gasteiger partial charge in [-0.15, -0.1) is 0 Å². The molecule has 0 aliphatic heterocycles. The molecule has 3 nitrogen and oxygen atoms in total. The van der Waals surface area contributed by atoms with Crippen LogP contribution in [0.2, 0.25) is 5.02 Å². The molecule has 86 valence electrons. The summed E-state index contributed by atoms with van der Waals surface area (Å²) in [5, 5.41) is 0.558. The van der Waals surface area contributed by atoms with Gasteiger partial charge in [0.25, 0.3) is 0 Å². The van der Waals surface area contributed by atoms with E-state index in [1.165, 1.54) is 6.08 Å². The van der Waals surface area contributed by atoms with Crippen molar-refractivity contribution in [2.24, 2.45) is 0 Å². The molecule has 1 rings (SSSR count). The number of halogens is 1. The fraction of sp³-hybridized carbons (Fsp3) is 0.250. The van der Waals surface area contributed by atoms with E-state index < -0.39 is 0 Å². The Morgan fingerprint density at radius 3 is 2.81 bits per heavy atom. The van der Waals surface area contributed by atoms with Crippen molar-refractivity contribution in [2.45, 2.75) is 6.92 Å². The number of hydrogen-bond donors (Lipinski definition) is 0. The van der Waals surface area contributed by atoms with Crippen molar-refractivity contribution in [3.05, 3.63) is 34.9 Å². The molecular weight excluding hydrogens is 228 g/mol. The Kier molecular flexibility index (Phi) is 4.86. The highest BCUT2D eigenvalue weighted by Gasteiger charge is 1.98. The maximum absolute atomic E-state index is 11.1. The topological polar surface area (TPSA) is 35.5 Å². The number of methoxy groups -OCH3 is 1. The molecule has 0 unspecified atom stereocenters. The van der Waals surface area contributed by atoms with Gasteiger partial charge < -0.3 is 9.47 Å². The molecule has 16 heavy (non-hydrogen) atoms. The van der Waals surface area contributed by atoms with Gasteiger partial charge in [0.1, 0.15) is 5.75 Å². The third kappa shape index (κ3) is 3.95. The molecule has 0 spiro atoms. The van der Waals surface area contributed by atoms with Crippen molar-refractivity contribution >= 4 is 23.6 Å². The molecule has 0 amide bonds. The minimum Gasteiger partial charge on any atom is -0.497 e. The van der Waals surface area contributed by atoms with Crippen molar-refractivity contribution in [3.63, 3.8) is 0 Å². The lowest BCUT2D eigenvalue weighted by Gasteiger charge is -2.02. The Labute approximate surface area is 99.6 Å². The van der Waals surface area contributed by atoms with Gasteiger partial charge in [0.05, 0.1) is 13.7 Å². The van der Waals surface area contributed by atoms with Crippen LogP contribution in [0, 0.1) is 0 Å². The number of benzene rings is 1. The van der Waals surface area contributed by atoms with Crippen LogP contribution in [0.1, 0.15) is 12.5 Å². The van der Waals surface area contributed by atoms with Crippen LogP contribution in [-0.4, -0.2) is 19.7 Å². The molecule has 0 N–H and O–H groups in total. The van der Waals surface area contributed by atoms with Gasteiger partial charge in [0.15, 0.2) is 0 Å². The third-order valence-electron chi connectivity index (χ3n) is 1.83. The van der Waals surface area contributed by atoms with E-state index in [0.717, 1.165) is 5.56 Å². The van der Waals surface area contributed by atoms with Crippen LogP contribution in [-0.2, 0) is 9.53 Å². The highest BCUT2D eigenvalue weighted by molar-refractivity contribution is 6.30. The first-order valence-electron chi connectivity index (χ1n) is 4.85. The Hall–Kier alpha value is -1.48. The molecule has 1 aromatic rings. The molecule has 0 saturated heterocycles. The summed E-state index contributed by atoms with van der Waals surface area (Å²) in [7, 11) is 1.56. The summed E-state index contributed by atoms with van der Waals surface area (Å²) in [4.78, 5) is 11.1. The summed E-state index contributed by atoms with van der Waals surface area (Å²) in [6.07, 6.45) is 2.99. The van der Waals surface area contributed by atoms with Crippen molar-refractivity contribution in [2.75, 3.05) is 13.7 Å².